The van der Waals surface area contributed by atoms with Crippen LogP contribution in [-0.4, -0.2) is 117 Å². The maximum atomic E-state index is 14.0. The molecule has 4 fully saturated rings. The Morgan fingerprint density at radius 3 is 2.37 bits per heavy atom. The van der Waals surface area contributed by atoms with Gasteiger partial charge in [-0.05, 0) is 105 Å². The van der Waals surface area contributed by atoms with Crippen molar-refractivity contribution in [1.29, 1.82) is 0 Å². The number of anilines is 1. The minimum Gasteiger partial charge on any atom is -0.490 e. The molecule has 18 heteroatoms. The van der Waals surface area contributed by atoms with Crippen LogP contribution in [0.4, 0.5) is 5.82 Å². The minimum atomic E-state index is -0.906. The number of thiazole rings is 1. The molecule has 15 nitrogen and oxygen atoms in total. The predicted molar refractivity (Wildman–Crippen MR) is 278 cm³/mol. The Morgan fingerprint density at radius 1 is 1.00 bits per heavy atom. The molecule has 3 atom stereocenters. The Hall–Kier alpha value is -4.81. The number of hydrogen-bond acceptors (Lipinski definition) is 13. The number of nitrogens with two attached hydrogens (primary N) is 1. The summed E-state index contributed by atoms with van der Waals surface area (Å²) in [7, 11) is 0. The molecule has 8 rings (SSSR count). The van der Waals surface area contributed by atoms with E-state index in [4.69, 9.17) is 32.0 Å². The highest BCUT2D eigenvalue weighted by Crippen LogP contribution is 2.42. The van der Waals surface area contributed by atoms with Gasteiger partial charge in [0, 0.05) is 69.0 Å². The number of amides is 4. The molecule has 4 aliphatic rings. The van der Waals surface area contributed by atoms with Crippen molar-refractivity contribution in [3.05, 3.63) is 76.1 Å². The fourth-order valence-electron chi connectivity index (χ4n) is 10.5. The molecule has 2 aromatic heterocycles. The largest absolute Gasteiger partial charge is 0.490 e. The second-order valence-corrected chi connectivity index (χ2v) is 23.7. The van der Waals surface area contributed by atoms with Crippen LogP contribution in [0.15, 0.2) is 64.2 Å². The lowest BCUT2D eigenvalue weighted by molar-refractivity contribution is -0.143. The topological polar surface area (TPSA) is 196 Å². The van der Waals surface area contributed by atoms with Gasteiger partial charge in [0.2, 0.25) is 23.6 Å². The number of aryl methyl sites for hydroxylation is 1. The van der Waals surface area contributed by atoms with Crippen molar-refractivity contribution in [1.82, 2.24) is 35.4 Å². The third-order valence-corrected chi connectivity index (χ3v) is 17.5. The van der Waals surface area contributed by atoms with Crippen molar-refractivity contribution < 1.29 is 29.0 Å². The van der Waals surface area contributed by atoms with Crippen LogP contribution in [0, 0.1) is 23.7 Å². The number of aliphatic hydroxyl groups is 1. The summed E-state index contributed by atoms with van der Waals surface area (Å²) in [6.07, 6.45) is 9.38. The van der Waals surface area contributed by atoms with Crippen LogP contribution in [0.2, 0.25) is 5.02 Å². The first-order chi connectivity index (χ1) is 33.9. The van der Waals surface area contributed by atoms with Gasteiger partial charge in [-0.25, -0.2) is 15.0 Å². The smallest absolute Gasteiger partial charge is 0.246 e. The lowest BCUT2D eigenvalue weighted by atomic mass is 9.80. The lowest BCUT2D eigenvalue weighted by Gasteiger charge is -2.39. The van der Waals surface area contributed by atoms with Crippen molar-refractivity contribution in [3.8, 4) is 16.2 Å². The Bertz CT molecular complexity index is 2530. The summed E-state index contributed by atoms with van der Waals surface area (Å²) in [6.45, 7) is 15.2. The third-order valence-electron chi connectivity index (χ3n) is 15.0. The van der Waals surface area contributed by atoms with Crippen molar-refractivity contribution >= 4 is 64.1 Å². The van der Waals surface area contributed by atoms with Gasteiger partial charge in [-0.15, -0.1) is 11.3 Å². The van der Waals surface area contributed by atoms with E-state index in [-0.39, 0.29) is 54.7 Å². The molecular weight excluding hydrogens is 958 g/mol. The number of benzene rings is 2. The number of piperidine rings is 2. The van der Waals surface area contributed by atoms with Crippen molar-refractivity contribution in [2.75, 3.05) is 44.2 Å². The highest BCUT2D eigenvalue weighted by Gasteiger charge is 2.44. The van der Waals surface area contributed by atoms with Gasteiger partial charge in [0.1, 0.15) is 28.7 Å². The average Bonchev–Trinajstić information content (AvgIpc) is 3.98. The summed E-state index contributed by atoms with van der Waals surface area (Å²) in [6, 6.07) is 10.4. The van der Waals surface area contributed by atoms with E-state index in [1.165, 1.54) is 23.6 Å². The van der Waals surface area contributed by atoms with Gasteiger partial charge in [-0.1, -0.05) is 75.3 Å². The van der Waals surface area contributed by atoms with Gasteiger partial charge >= 0.3 is 0 Å². The molecular formula is C53H70ClN9O6S2. The number of aliphatic hydroxyl groups excluding tert-OH is 1. The molecule has 5 N–H and O–H groups in total. The Balaban J connectivity index is 0.850. The molecule has 4 amide bonds. The van der Waals surface area contributed by atoms with Gasteiger partial charge < -0.3 is 40.9 Å². The van der Waals surface area contributed by atoms with Crippen molar-refractivity contribution in [2.24, 2.45) is 22.5 Å². The molecule has 1 saturated carbocycles. The van der Waals surface area contributed by atoms with Crippen LogP contribution in [0.25, 0.3) is 10.4 Å². The molecule has 3 saturated heterocycles. The van der Waals surface area contributed by atoms with Crippen LogP contribution in [0.5, 0.6) is 5.75 Å². The summed E-state index contributed by atoms with van der Waals surface area (Å²) in [5, 5.41) is 18.0. The molecule has 1 aliphatic carbocycles. The molecule has 3 aliphatic heterocycles. The zero-order valence-corrected chi connectivity index (χ0v) is 44.3. The van der Waals surface area contributed by atoms with Gasteiger partial charge in [-0.3, -0.25) is 19.2 Å². The second-order valence-electron chi connectivity index (χ2n) is 21.4. The maximum absolute atomic E-state index is 14.0. The number of carbonyl (C=O) groups excluding carboxylic acids is 4. The number of aromatic nitrogens is 3. The Morgan fingerprint density at radius 2 is 1.73 bits per heavy atom. The first kappa shape index (κ1) is 52.5. The van der Waals surface area contributed by atoms with Crippen molar-refractivity contribution in [2.45, 2.75) is 146 Å². The predicted octanol–water partition coefficient (Wildman–Crippen LogP) is 7.75. The lowest BCUT2D eigenvalue weighted by Crippen LogP contribution is -2.57. The fourth-order valence-corrected chi connectivity index (χ4v) is 12.5. The van der Waals surface area contributed by atoms with Crippen LogP contribution in [-0.2, 0) is 25.7 Å². The van der Waals surface area contributed by atoms with E-state index >= 15 is 0 Å². The minimum absolute atomic E-state index is 0.00423. The van der Waals surface area contributed by atoms with E-state index < -0.39 is 35.4 Å². The zero-order valence-electron chi connectivity index (χ0n) is 41.9. The summed E-state index contributed by atoms with van der Waals surface area (Å²) in [5.41, 5.74) is 11.1. The molecule has 4 aromatic rings. The molecule has 0 unspecified atom stereocenters. The number of nitrogens with zero attached hydrogens (tertiary/aromatic N) is 6. The van der Waals surface area contributed by atoms with Gasteiger partial charge in [0.15, 0.2) is 0 Å². The fraction of sp³-hybridized carbons (Fsp3) is 0.566. The quantitative estimate of drug-likeness (QED) is 0.0961. The number of carbonyl (C=O) groups is 4. The third kappa shape index (κ3) is 12.5. The number of nitrogens with one attached hydrogen (secondary N) is 2. The van der Waals surface area contributed by atoms with Gasteiger partial charge in [-0.2, -0.15) is 0 Å². The molecule has 5 heterocycles. The normalized spacial score (nSPS) is 22.2. The average molecular weight is 1030 g/mol. The highest BCUT2D eigenvalue weighted by atomic mass is 35.5. The van der Waals surface area contributed by atoms with E-state index in [1.807, 2.05) is 74.8 Å². The van der Waals surface area contributed by atoms with Gasteiger partial charge in [0.05, 0.1) is 45.7 Å². The summed E-state index contributed by atoms with van der Waals surface area (Å²) in [5.74, 6) is 0.749. The second kappa shape index (κ2) is 22.5. The van der Waals surface area contributed by atoms with E-state index in [2.05, 4.69) is 39.6 Å². The van der Waals surface area contributed by atoms with Crippen LogP contribution < -0.4 is 26.0 Å². The number of ether oxygens (including phenoxy) is 1. The van der Waals surface area contributed by atoms with Crippen molar-refractivity contribution in [3.63, 3.8) is 0 Å². The number of hydrogen-bond donors (Lipinski definition) is 4. The molecule has 0 radical (unpaired) electrons. The van der Waals surface area contributed by atoms with Crippen LogP contribution >= 0.6 is 34.7 Å². The Kier molecular flexibility index (Phi) is 16.7. The summed E-state index contributed by atoms with van der Waals surface area (Å²) < 4.78 is 6.78. The molecule has 0 bridgehead atoms. The zero-order chi connectivity index (χ0) is 50.6. The summed E-state index contributed by atoms with van der Waals surface area (Å²) >= 11 is 10.2. The van der Waals surface area contributed by atoms with E-state index in [0.29, 0.717) is 51.1 Å². The first-order valence-corrected chi connectivity index (χ1v) is 27.2. The number of rotatable bonds is 14. The Labute approximate surface area is 431 Å². The molecule has 2 aromatic carbocycles. The number of halogens is 1. The van der Waals surface area contributed by atoms with Crippen LogP contribution in [0.3, 0.4) is 0 Å². The van der Waals surface area contributed by atoms with E-state index in [1.54, 1.807) is 11.3 Å². The van der Waals surface area contributed by atoms with Crippen LogP contribution in [0.1, 0.15) is 115 Å². The number of likely N-dealkylation sites (tertiary alicyclic amines) is 2. The first-order valence-electron chi connectivity index (χ1n) is 25.1. The maximum Gasteiger partial charge on any atom is 0.246 e. The van der Waals surface area contributed by atoms with E-state index in [0.717, 1.165) is 86.8 Å². The van der Waals surface area contributed by atoms with Gasteiger partial charge in [0.25, 0.3) is 0 Å². The molecule has 71 heavy (non-hydrogen) atoms. The standard InChI is InChI=1S/C53H70ClN9O6S2/c1-32-47(70-31-59-32)36-10-11-37(26-58-49(66)41-25-38(65)29-63(41)51(68)48(52(3,4)5)60-33(2)64)42(24-36)69-39-14-12-35(13-15-39)50(67)62-20-16-34(17-21-62)40-8-7-9-43(46(40)54)71-45-28-56-44(27-57-45)61-22-18-53(6,30-55)19-23-61/h7-11,24,27-28,31,34-35,38-39,41,48,65H,12-23,25-26,29-30,55H2,1-6H3,(H,58,66)(H,60,64)/t35?,38-,39?,41+,48-/m1/s1. The summed E-state index contributed by atoms with van der Waals surface area (Å²) in [4.78, 5) is 75.4. The SMILES string of the molecule is CC(=O)N[C@H](C(=O)N1C[C@H](O)C[C@H]1C(=O)NCc1ccc(-c2scnc2C)cc1OC1CCC(C(=O)N2CCC(c3cccc(Sc4cnc(N5CCC(C)(CN)CC5)cn4)c3Cl)CC2)CC1)C(C)(C)C. The number of β-amino-alcohol motifs (C(OH)–C–C–N with tert-alkyl or cyclic N) is 1. The van der Waals surface area contributed by atoms with E-state index in [9.17, 15) is 24.3 Å². The molecule has 0 spiro atoms. The highest BCUT2D eigenvalue weighted by molar-refractivity contribution is 7.99. The molecule has 382 valence electrons. The monoisotopic (exact) mass is 1030 g/mol.